The second-order valence-corrected chi connectivity index (χ2v) is 5.90. The van der Waals surface area contributed by atoms with Crippen LogP contribution in [0.4, 0.5) is 0 Å². The molecule has 2 heterocycles. The fourth-order valence-corrected chi connectivity index (χ4v) is 3.05. The van der Waals surface area contributed by atoms with Crippen LogP contribution in [-0.2, 0) is 0 Å². The number of hydrogen-bond donors (Lipinski definition) is 1. The number of hydrogen-bond acceptors (Lipinski definition) is 3. The maximum absolute atomic E-state index is 12.2. The number of thiophene rings is 1. The molecule has 3 rings (SSSR count). The third-order valence-electron chi connectivity index (χ3n) is 3.23. The lowest BCUT2D eigenvalue weighted by Gasteiger charge is -2.26. The van der Waals surface area contributed by atoms with Crippen LogP contribution in [0.1, 0.15) is 32.6 Å². The Kier molecular flexibility index (Phi) is 3.25. The van der Waals surface area contributed by atoms with Crippen LogP contribution in [0, 0.1) is 6.92 Å². The van der Waals surface area contributed by atoms with E-state index in [0.717, 1.165) is 27.5 Å². The van der Waals surface area contributed by atoms with E-state index in [1.165, 1.54) is 11.3 Å². The quantitative estimate of drug-likeness (QED) is 0.911. The molecule has 0 unspecified atom stereocenters. The van der Waals surface area contributed by atoms with Gasteiger partial charge in [0.15, 0.2) is 0 Å². The Labute approximate surface area is 116 Å². The van der Waals surface area contributed by atoms with Gasteiger partial charge in [-0.2, -0.15) is 0 Å². The molecular formula is C15H15NO2S. The van der Waals surface area contributed by atoms with Crippen molar-refractivity contribution in [3.05, 3.63) is 51.7 Å². The van der Waals surface area contributed by atoms with E-state index < -0.39 is 0 Å². The number of carbonyl (C=O) groups is 1. The summed E-state index contributed by atoms with van der Waals surface area (Å²) in [5, 5.41) is 3.10. The molecule has 1 atom stereocenters. The Bertz CT molecular complexity index is 606. The first-order valence-electron chi connectivity index (χ1n) is 6.33. The predicted molar refractivity (Wildman–Crippen MR) is 75.8 cm³/mol. The van der Waals surface area contributed by atoms with Gasteiger partial charge in [0.1, 0.15) is 5.75 Å². The van der Waals surface area contributed by atoms with Crippen molar-refractivity contribution in [1.29, 1.82) is 0 Å². The van der Waals surface area contributed by atoms with Crippen LogP contribution in [0.2, 0.25) is 0 Å². The molecule has 0 saturated carbocycles. The average molecular weight is 273 g/mol. The fourth-order valence-electron chi connectivity index (χ4n) is 2.28. The van der Waals surface area contributed by atoms with E-state index in [0.29, 0.717) is 6.61 Å². The van der Waals surface area contributed by atoms with Crippen molar-refractivity contribution in [3.8, 4) is 5.75 Å². The highest BCUT2D eigenvalue weighted by atomic mass is 32.1. The lowest BCUT2D eigenvalue weighted by atomic mass is 10.0. The molecule has 4 heteroatoms. The van der Waals surface area contributed by atoms with Crippen molar-refractivity contribution in [2.75, 3.05) is 6.61 Å². The number of aryl methyl sites for hydroxylation is 1. The van der Waals surface area contributed by atoms with Gasteiger partial charge in [0.25, 0.3) is 5.91 Å². The van der Waals surface area contributed by atoms with Crippen LogP contribution in [0.5, 0.6) is 5.75 Å². The lowest BCUT2D eigenvalue weighted by molar-refractivity contribution is 0.0929. The third-order valence-corrected chi connectivity index (χ3v) is 4.23. The van der Waals surface area contributed by atoms with E-state index in [2.05, 4.69) is 5.32 Å². The van der Waals surface area contributed by atoms with Crippen LogP contribution in [-0.4, -0.2) is 12.5 Å². The van der Waals surface area contributed by atoms with E-state index in [1.54, 1.807) is 0 Å². The van der Waals surface area contributed by atoms with Crippen LogP contribution in [0.25, 0.3) is 0 Å². The highest BCUT2D eigenvalue weighted by Crippen LogP contribution is 2.31. The number of para-hydroxylation sites is 1. The first-order chi connectivity index (χ1) is 9.24. The summed E-state index contributed by atoms with van der Waals surface area (Å²) in [6.45, 7) is 2.65. The van der Waals surface area contributed by atoms with Crippen molar-refractivity contribution in [1.82, 2.24) is 5.32 Å². The van der Waals surface area contributed by atoms with Crippen molar-refractivity contribution >= 4 is 17.2 Å². The van der Waals surface area contributed by atoms with Crippen molar-refractivity contribution in [2.24, 2.45) is 0 Å². The molecular weight excluding hydrogens is 258 g/mol. The van der Waals surface area contributed by atoms with Gasteiger partial charge in [-0.05, 0) is 25.1 Å². The van der Waals surface area contributed by atoms with Crippen molar-refractivity contribution in [3.63, 3.8) is 0 Å². The Hall–Kier alpha value is -1.81. The standard InChI is InChI=1S/C15H15NO2S/c1-10-6-7-14(19-10)15(17)16-12-8-9-18-13-5-3-2-4-11(12)13/h2-7,12H,8-9H2,1H3,(H,16,17)/t12-/m1/s1. The SMILES string of the molecule is Cc1ccc(C(=O)N[C@@H]2CCOc3ccccc32)s1. The summed E-state index contributed by atoms with van der Waals surface area (Å²) in [7, 11) is 0. The molecule has 3 nitrogen and oxygen atoms in total. The van der Waals surface area contributed by atoms with Gasteiger partial charge in [-0.25, -0.2) is 0 Å². The summed E-state index contributed by atoms with van der Waals surface area (Å²) in [5.41, 5.74) is 1.07. The zero-order valence-corrected chi connectivity index (χ0v) is 11.5. The van der Waals surface area contributed by atoms with E-state index in [-0.39, 0.29) is 11.9 Å². The Morgan fingerprint density at radius 1 is 1.32 bits per heavy atom. The molecule has 1 aliphatic heterocycles. The first kappa shape index (κ1) is 12.2. The van der Waals surface area contributed by atoms with Gasteiger partial charge < -0.3 is 10.1 Å². The molecule has 1 amide bonds. The van der Waals surface area contributed by atoms with Gasteiger partial charge in [0.2, 0.25) is 0 Å². The Morgan fingerprint density at radius 3 is 2.95 bits per heavy atom. The molecule has 1 aliphatic rings. The molecule has 0 saturated heterocycles. The Balaban J connectivity index is 1.79. The molecule has 1 aromatic carbocycles. The number of nitrogens with one attached hydrogen (secondary N) is 1. The van der Waals surface area contributed by atoms with Gasteiger partial charge in [-0.15, -0.1) is 11.3 Å². The Morgan fingerprint density at radius 2 is 2.16 bits per heavy atom. The van der Waals surface area contributed by atoms with E-state index >= 15 is 0 Å². The molecule has 0 aliphatic carbocycles. The molecule has 0 spiro atoms. The normalized spacial score (nSPS) is 17.4. The number of benzene rings is 1. The molecule has 98 valence electrons. The van der Waals surface area contributed by atoms with Crippen molar-refractivity contribution < 1.29 is 9.53 Å². The largest absolute Gasteiger partial charge is 0.493 e. The molecule has 0 radical (unpaired) electrons. The number of ether oxygens (including phenoxy) is 1. The fraction of sp³-hybridized carbons (Fsp3) is 0.267. The van der Waals surface area contributed by atoms with E-state index in [1.807, 2.05) is 43.3 Å². The lowest BCUT2D eigenvalue weighted by Crippen LogP contribution is -2.31. The summed E-state index contributed by atoms with van der Waals surface area (Å²) in [6.07, 6.45) is 0.813. The second-order valence-electron chi connectivity index (χ2n) is 4.61. The predicted octanol–water partition coefficient (Wildman–Crippen LogP) is 3.31. The maximum atomic E-state index is 12.2. The van der Waals surface area contributed by atoms with Gasteiger partial charge in [0.05, 0.1) is 17.5 Å². The van der Waals surface area contributed by atoms with E-state index in [4.69, 9.17) is 4.74 Å². The second kappa shape index (κ2) is 5.05. The molecule has 1 aromatic heterocycles. The summed E-state index contributed by atoms with van der Waals surface area (Å²) in [6, 6.07) is 11.8. The van der Waals surface area contributed by atoms with Crippen LogP contribution in [0.15, 0.2) is 36.4 Å². The third kappa shape index (κ3) is 2.49. The van der Waals surface area contributed by atoms with Gasteiger partial charge >= 0.3 is 0 Å². The minimum absolute atomic E-state index is 0.000182. The minimum Gasteiger partial charge on any atom is -0.493 e. The topological polar surface area (TPSA) is 38.3 Å². The zero-order chi connectivity index (χ0) is 13.2. The average Bonchev–Trinajstić information content (AvgIpc) is 2.86. The first-order valence-corrected chi connectivity index (χ1v) is 7.15. The van der Waals surface area contributed by atoms with Gasteiger partial charge in [0, 0.05) is 16.9 Å². The summed E-state index contributed by atoms with van der Waals surface area (Å²) in [5.74, 6) is 0.876. The van der Waals surface area contributed by atoms with Crippen LogP contribution in [0.3, 0.4) is 0 Å². The van der Waals surface area contributed by atoms with Crippen molar-refractivity contribution in [2.45, 2.75) is 19.4 Å². The smallest absolute Gasteiger partial charge is 0.261 e. The monoisotopic (exact) mass is 273 g/mol. The molecule has 0 bridgehead atoms. The zero-order valence-electron chi connectivity index (χ0n) is 10.7. The summed E-state index contributed by atoms with van der Waals surface area (Å²) < 4.78 is 5.60. The molecule has 0 fully saturated rings. The minimum atomic E-state index is -0.000182. The number of carbonyl (C=O) groups excluding carboxylic acids is 1. The highest BCUT2D eigenvalue weighted by Gasteiger charge is 2.23. The number of fused-ring (bicyclic) bond motifs is 1. The van der Waals surface area contributed by atoms with Gasteiger partial charge in [-0.3, -0.25) is 4.79 Å². The van der Waals surface area contributed by atoms with Crippen LogP contribution >= 0.6 is 11.3 Å². The van der Waals surface area contributed by atoms with E-state index in [9.17, 15) is 4.79 Å². The molecule has 19 heavy (non-hydrogen) atoms. The number of rotatable bonds is 2. The highest BCUT2D eigenvalue weighted by molar-refractivity contribution is 7.13. The number of amides is 1. The molecule has 2 aromatic rings. The van der Waals surface area contributed by atoms with Gasteiger partial charge in [-0.1, -0.05) is 18.2 Å². The summed E-state index contributed by atoms with van der Waals surface area (Å²) in [4.78, 5) is 14.1. The van der Waals surface area contributed by atoms with Crippen LogP contribution < -0.4 is 10.1 Å². The maximum Gasteiger partial charge on any atom is 0.261 e. The molecule has 1 N–H and O–H groups in total. The summed E-state index contributed by atoms with van der Waals surface area (Å²) >= 11 is 1.52.